The van der Waals surface area contributed by atoms with Crippen molar-refractivity contribution in [1.29, 1.82) is 0 Å². The number of hydrogen-bond acceptors (Lipinski definition) is 3. The van der Waals surface area contributed by atoms with E-state index in [9.17, 15) is 4.79 Å². The number of aromatic nitrogens is 1. The lowest BCUT2D eigenvalue weighted by molar-refractivity contribution is 0.0984. The van der Waals surface area contributed by atoms with Gasteiger partial charge in [-0.25, -0.2) is 0 Å². The third kappa shape index (κ3) is 2.74. The first-order valence-corrected chi connectivity index (χ1v) is 8.58. The van der Waals surface area contributed by atoms with Crippen LogP contribution in [0.1, 0.15) is 33.7 Å². The molecule has 0 unspecified atom stereocenters. The summed E-state index contributed by atoms with van der Waals surface area (Å²) in [4.78, 5) is 15.2. The highest BCUT2D eigenvalue weighted by atomic mass is 16.5. The first-order chi connectivity index (χ1) is 12.1. The summed E-state index contributed by atoms with van der Waals surface area (Å²) in [6.07, 6.45) is 1.97. The molecule has 0 saturated carbocycles. The molecule has 0 bridgehead atoms. The van der Waals surface area contributed by atoms with Gasteiger partial charge in [0.1, 0.15) is 17.0 Å². The van der Waals surface area contributed by atoms with E-state index in [1.165, 1.54) is 11.1 Å². The summed E-state index contributed by atoms with van der Waals surface area (Å²) >= 11 is 0. The summed E-state index contributed by atoms with van der Waals surface area (Å²) in [6.45, 7) is 4.60. The van der Waals surface area contributed by atoms with Crippen LogP contribution in [0, 0.1) is 13.8 Å². The van der Waals surface area contributed by atoms with E-state index in [4.69, 9.17) is 4.52 Å². The van der Waals surface area contributed by atoms with Crippen molar-refractivity contribution in [1.82, 2.24) is 5.16 Å². The van der Waals surface area contributed by atoms with Crippen molar-refractivity contribution in [3.05, 3.63) is 71.0 Å². The topological polar surface area (TPSA) is 46.3 Å². The van der Waals surface area contributed by atoms with Crippen molar-refractivity contribution in [3.8, 4) is 11.3 Å². The van der Waals surface area contributed by atoms with Gasteiger partial charge >= 0.3 is 0 Å². The summed E-state index contributed by atoms with van der Waals surface area (Å²) in [5, 5.41) is 4.15. The zero-order valence-electron chi connectivity index (χ0n) is 14.5. The minimum absolute atomic E-state index is 0.0394. The second kappa shape index (κ2) is 6.20. The summed E-state index contributed by atoms with van der Waals surface area (Å²) < 4.78 is 5.37. The van der Waals surface area contributed by atoms with Gasteiger partial charge in [0.05, 0.1) is 0 Å². The molecular formula is C21H20N2O2. The molecule has 0 spiro atoms. The SMILES string of the molecule is Cc1ccc2c(c1)CCCN2C(=O)c1c(-c2ccccc2)noc1C. The molecule has 2 heterocycles. The molecule has 0 radical (unpaired) electrons. The van der Waals surface area contributed by atoms with Crippen molar-refractivity contribution >= 4 is 11.6 Å². The van der Waals surface area contributed by atoms with E-state index >= 15 is 0 Å². The Morgan fingerprint density at radius 3 is 2.72 bits per heavy atom. The summed E-state index contributed by atoms with van der Waals surface area (Å²) in [5.74, 6) is 0.519. The lowest BCUT2D eigenvalue weighted by Gasteiger charge is -2.29. The van der Waals surface area contributed by atoms with E-state index in [1.54, 1.807) is 6.92 Å². The van der Waals surface area contributed by atoms with Gasteiger partial charge in [-0.15, -0.1) is 0 Å². The monoisotopic (exact) mass is 332 g/mol. The number of carbonyl (C=O) groups is 1. The molecule has 4 nitrogen and oxygen atoms in total. The van der Waals surface area contributed by atoms with Gasteiger partial charge in [0.15, 0.2) is 0 Å². The highest BCUT2D eigenvalue weighted by Gasteiger charge is 2.29. The second-order valence-corrected chi connectivity index (χ2v) is 6.52. The molecule has 0 saturated heterocycles. The van der Waals surface area contributed by atoms with Gasteiger partial charge in [0.25, 0.3) is 5.91 Å². The van der Waals surface area contributed by atoms with Crippen molar-refractivity contribution in [2.24, 2.45) is 0 Å². The fourth-order valence-corrected chi connectivity index (χ4v) is 3.49. The molecule has 0 aliphatic carbocycles. The lowest BCUT2D eigenvalue weighted by Crippen LogP contribution is -2.36. The number of aryl methyl sites for hydroxylation is 3. The molecule has 1 aliphatic heterocycles. The number of anilines is 1. The Morgan fingerprint density at radius 1 is 1.12 bits per heavy atom. The number of nitrogens with zero attached hydrogens (tertiary/aromatic N) is 2. The normalized spacial score (nSPS) is 13.6. The number of fused-ring (bicyclic) bond motifs is 1. The van der Waals surface area contributed by atoms with Gasteiger partial charge in [0.2, 0.25) is 0 Å². The van der Waals surface area contributed by atoms with Crippen molar-refractivity contribution in [3.63, 3.8) is 0 Å². The third-order valence-corrected chi connectivity index (χ3v) is 4.72. The number of carbonyl (C=O) groups excluding carboxylic acids is 1. The van der Waals surface area contributed by atoms with Crippen LogP contribution in [0.4, 0.5) is 5.69 Å². The largest absolute Gasteiger partial charge is 0.360 e. The van der Waals surface area contributed by atoms with Gasteiger partial charge in [-0.2, -0.15) is 0 Å². The molecule has 1 aromatic heterocycles. The molecule has 3 aromatic rings. The molecule has 1 amide bonds. The van der Waals surface area contributed by atoms with E-state index in [1.807, 2.05) is 41.3 Å². The van der Waals surface area contributed by atoms with Crippen LogP contribution in [0.15, 0.2) is 53.1 Å². The smallest absolute Gasteiger partial charge is 0.264 e. The Labute approximate surface area is 147 Å². The zero-order valence-corrected chi connectivity index (χ0v) is 14.5. The van der Waals surface area contributed by atoms with Gasteiger partial charge in [-0.1, -0.05) is 53.2 Å². The van der Waals surface area contributed by atoms with Crippen molar-refractivity contribution in [2.45, 2.75) is 26.7 Å². The number of hydrogen-bond donors (Lipinski definition) is 0. The van der Waals surface area contributed by atoms with E-state index < -0.39 is 0 Å². The maximum atomic E-state index is 13.3. The van der Waals surface area contributed by atoms with E-state index in [0.29, 0.717) is 23.6 Å². The summed E-state index contributed by atoms with van der Waals surface area (Å²) in [5.41, 5.74) is 5.52. The Bertz CT molecular complexity index is 928. The average Bonchev–Trinajstić information content (AvgIpc) is 3.02. The number of amides is 1. The molecule has 0 atom stereocenters. The fraction of sp³-hybridized carbons (Fsp3) is 0.238. The zero-order chi connectivity index (χ0) is 17.4. The van der Waals surface area contributed by atoms with Crippen molar-refractivity contribution < 1.29 is 9.32 Å². The van der Waals surface area contributed by atoms with E-state index in [0.717, 1.165) is 24.1 Å². The molecule has 2 aromatic carbocycles. The van der Waals surface area contributed by atoms with Gasteiger partial charge in [-0.3, -0.25) is 4.79 Å². The highest BCUT2D eigenvalue weighted by Crippen LogP contribution is 2.32. The number of benzene rings is 2. The van der Waals surface area contributed by atoms with Gasteiger partial charge < -0.3 is 9.42 Å². The Morgan fingerprint density at radius 2 is 1.92 bits per heavy atom. The molecule has 1 aliphatic rings. The molecule has 4 rings (SSSR count). The van der Waals surface area contributed by atoms with Crippen LogP contribution in [-0.2, 0) is 6.42 Å². The van der Waals surface area contributed by atoms with E-state index in [2.05, 4.69) is 24.2 Å². The molecular weight excluding hydrogens is 312 g/mol. The van der Waals surface area contributed by atoms with E-state index in [-0.39, 0.29) is 5.91 Å². The number of rotatable bonds is 2. The Balaban J connectivity index is 1.78. The third-order valence-electron chi connectivity index (χ3n) is 4.72. The van der Waals surface area contributed by atoms with Gasteiger partial charge in [0, 0.05) is 17.8 Å². The van der Waals surface area contributed by atoms with Crippen LogP contribution < -0.4 is 4.90 Å². The summed E-state index contributed by atoms with van der Waals surface area (Å²) in [7, 11) is 0. The van der Waals surface area contributed by atoms with Crippen LogP contribution >= 0.6 is 0 Å². The predicted molar refractivity (Wildman–Crippen MR) is 97.9 cm³/mol. The first-order valence-electron chi connectivity index (χ1n) is 8.58. The minimum Gasteiger partial charge on any atom is -0.360 e. The van der Waals surface area contributed by atoms with Crippen LogP contribution in [0.3, 0.4) is 0 Å². The fourth-order valence-electron chi connectivity index (χ4n) is 3.49. The maximum absolute atomic E-state index is 13.3. The van der Waals surface area contributed by atoms with Crippen LogP contribution in [0.25, 0.3) is 11.3 Å². The molecule has 126 valence electrons. The van der Waals surface area contributed by atoms with Crippen LogP contribution in [-0.4, -0.2) is 17.6 Å². The molecule has 0 N–H and O–H groups in total. The first kappa shape index (κ1) is 15.6. The maximum Gasteiger partial charge on any atom is 0.264 e. The minimum atomic E-state index is -0.0394. The molecule has 25 heavy (non-hydrogen) atoms. The molecule has 0 fully saturated rings. The predicted octanol–water partition coefficient (Wildman–Crippen LogP) is 4.55. The van der Waals surface area contributed by atoms with Crippen LogP contribution in [0.5, 0.6) is 0 Å². The summed E-state index contributed by atoms with van der Waals surface area (Å²) in [6, 6.07) is 16.0. The quantitative estimate of drug-likeness (QED) is 0.691. The average molecular weight is 332 g/mol. The lowest BCUT2D eigenvalue weighted by atomic mass is 9.98. The standard InChI is InChI=1S/C21H20N2O2/c1-14-10-11-18-17(13-14)9-6-12-23(18)21(24)19-15(2)25-22-20(19)16-7-4-3-5-8-16/h3-5,7-8,10-11,13H,6,9,12H2,1-2H3. The van der Waals surface area contributed by atoms with Crippen molar-refractivity contribution in [2.75, 3.05) is 11.4 Å². The Kier molecular flexibility index (Phi) is 3.88. The molecule has 4 heteroatoms. The second-order valence-electron chi connectivity index (χ2n) is 6.52. The highest BCUT2D eigenvalue weighted by molar-refractivity contribution is 6.10. The Hall–Kier alpha value is -2.88. The van der Waals surface area contributed by atoms with Crippen LogP contribution in [0.2, 0.25) is 0 Å². The van der Waals surface area contributed by atoms with Gasteiger partial charge in [-0.05, 0) is 38.3 Å².